The molecule has 1 rings (SSSR count). The molecule has 1 nitrogen and oxygen atoms in total. The van der Waals surface area contributed by atoms with Crippen molar-refractivity contribution in [3.8, 4) is 0 Å². The van der Waals surface area contributed by atoms with Crippen molar-refractivity contribution in [2.45, 2.75) is 38.2 Å². The minimum absolute atomic E-state index is 0.0299. The van der Waals surface area contributed by atoms with Gasteiger partial charge >= 0.3 is 0 Å². The fourth-order valence-corrected chi connectivity index (χ4v) is 1.43. The molecule has 0 spiro atoms. The second-order valence-electron chi connectivity index (χ2n) is 3.21. The Hall–Kier alpha value is -0.180. The molecule has 1 atom stereocenters. The van der Waals surface area contributed by atoms with Crippen molar-refractivity contribution in [3.05, 3.63) is 0 Å². The number of rotatable bonds is 2. The molecule has 0 aliphatic heterocycles. The van der Waals surface area contributed by atoms with Gasteiger partial charge in [-0.25, -0.2) is 8.78 Å². The van der Waals surface area contributed by atoms with Crippen LogP contribution in [0.2, 0.25) is 0 Å². The molecular formula is C7H12F2O. The van der Waals surface area contributed by atoms with Gasteiger partial charge in [0.15, 0.2) is 0 Å². The Morgan fingerprint density at radius 2 is 2.10 bits per heavy atom. The van der Waals surface area contributed by atoms with Crippen LogP contribution in [0, 0.1) is 5.92 Å². The highest BCUT2D eigenvalue weighted by molar-refractivity contribution is 4.86. The van der Waals surface area contributed by atoms with E-state index in [0.717, 1.165) is 0 Å². The summed E-state index contributed by atoms with van der Waals surface area (Å²) in [7, 11) is 0. The van der Waals surface area contributed by atoms with E-state index in [4.69, 9.17) is 5.11 Å². The first-order valence-electron chi connectivity index (χ1n) is 3.55. The fraction of sp³-hybridized carbons (Fsp3) is 1.00. The van der Waals surface area contributed by atoms with Gasteiger partial charge in [-0.15, -0.1) is 0 Å². The third-order valence-electron chi connectivity index (χ3n) is 1.85. The summed E-state index contributed by atoms with van der Waals surface area (Å²) >= 11 is 0. The Kier molecular flexibility index (Phi) is 1.95. The Bertz CT molecular complexity index is 112. The predicted molar refractivity (Wildman–Crippen MR) is 34.0 cm³/mol. The third-order valence-corrected chi connectivity index (χ3v) is 1.85. The zero-order chi connectivity index (χ0) is 7.78. The number of hydrogen-bond donors (Lipinski definition) is 1. The van der Waals surface area contributed by atoms with Crippen LogP contribution in [0.1, 0.15) is 26.2 Å². The van der Waals surface area contributed by atoms with Crippen LogP contribution in [0.3, 0.4) is 0 Å². The zero-order valence-corrected chi connectivity index (χ0v) is 5.98. The molecule has 0 radical (unpaired) electrons. The van der Waals surface area contributed by atoms with E-state index in [2.05, 4.69) is 0 Å². The van der Waals surface area contributed by atoms with Gasteiger partial charge in [0.05, 0.1) is 6.10 Å². The summed E-state index contributed by atoms with van der Waals surface area (Å²) in [4.78, 5) is 0. The molecule has 0 saturated heterocycles. The summed E-state index contributed by atoms with van der Waals surface area (Å²) in [6.45, 7) is 1.64. The number of aliphatic hydroxyl groups excluding tert-OH is 1. The highest BCUT2D eigenvalue weighted by atomic mass is 19.3. The van der Waals surface area contributed by atoms with Crippen molar-refractivity contribution >= 4 is 0 Å². The lowest BCUT2D eigenvalue weighted by Crippen LogP contribution is -2.36. The van der Waals surface area contributed by atoms with E-state index < -0.39 is 12.0 Å². The van der Waals surface area contributed by atoms with Crippen LogP contribution < -0.4 is 0 Å². The highest BCUT2D eigenvalue weighted by Crippen LogP contribution is 2.44. The predicted octanol–water partition coefficient (Wildman–Crippen LogP) is 1.80. The van der Waals surface area contributed by atoms with Gasteiger partial charge in [0.1, 0.15) is 0 Å². The molecule has 1 aliphatic rings. The van der Waals surface area contributed by atoms with Crippen molar-refractivity contribution in [3.63, 3.8) is 0 Å². The van der Waals surface area contributed by atoms with E-state index in [0.29, 0.717) is 6.42 Å². The molecule has 1 aliphatic carbocycles. The maximum absolute atomic E-state index is 12.2. The smallest absolute Gasteiger partial charge is 0.248 e. The highest BCUT2D eigenvalue weighted by Gasteiger charge is 2.45. The first-order chi connectivity index (χ1) is 4.49. The SMILES string of the molecule is CC(O)CC1CC(F)(F)C1. The van der Waals surface area contributed by atoms with Gasteiger partial charge in [0.25, 0.3) is 0 Å². The van der Waals surface area contributed by atoms with E-state index in [9.17, 15) is 8.78 Å². The summed E-state index contributed by atoms with van der Waals surface area (Å²) in [6.07, 6.45) is 0.0341. The van der Waals surface area contributed by atoms with Gasteiger partial charge in [0, 0.05) is 12.8 Å². The number of aliphatic hydroxyl groups is 1. The zero-order valence-electron chi connectivity index (χ0n) is 5.98. The molecule has 1 unspecified atom stereocenters. The van der Waals surface area contributed by atoms with Crippen molar-refractivity contribution in [1.29, 1.82) is 0 Å². The maximum Gasteiger partial charge on any atom is 0.248 e. The molecule has 3 heteroatoms. The molecule has 0 aromatic heterocycles. The third kappa shape index (κ3) is 1.90. The van der Waals surface area contributed by atoms with Crippen LogP contribution in [0.5, 0.6) is 0 Å². The molecule has 1 N–H and O–H groups in total. The van der Waals surface area contributed by atoms with E-state index in [1.807, 2.05) is 0 Å². The summed E-state index contributed by atoms with van der Waals surface area (Å²) < 4.78 is 24.3. The molecule has 10 heavy (non-hydrogen) atoms. The van der Waals surface area contributed by atoms with Crippen molar-refractivity contribution in [1.82, 2.24) is 0 Å². The molecule has 1 saturated carbocycles. The van der Waals surface area contributed by atoms with E-state index in [-0.39, 0.29) is 18.8 Å². The summed E-state index contributed by atoms with van der Waals surface area (Å²) in [6, 6.07) is 0. The normalized spacial score (nSPS) is 27.6. The summed E-state index contributed by atoms with van der Waals surface area (Å²) in [5.74, 6) is -2.38. The van der Waals surface area contributed by atoms with Gasteiger partial charge in [-0.3, -0.25) is 0 Å². The average molecular weight is 150 g/mol. The van der Waals surface area contributed by atoms with Gasteiger partial charge in [-0.1, -0.05) is 0 Å². The van der Waals surface area contributed by atoms with Crippen molar-refractivity contribution < 1.29 is 13.9 Å². The Morgan fingerprint density at radius 3 is 2.40 bits per heavy atom. The van der Waals surface area contributed by atoms with E-state index >= 15 is 0 Å². The number of alkyl halides is 2. The monoisotopic (exact) mass is 150 g/mol. The largest absolute Gasteiger partial charge is 0.393 e. The Balaban J connectivity index is 2.15. The number of halogens is 2. The van der Waals surface area contributed by atoms with Crippen LogP contribution in [-0.4, -0.2) is 17.1 Å². The topological polar surface area (TPSA) is 20.2 Å². The van der Waals surface area contributed by atoms with Crippen LogP contribution in [-0.2, 0) is 0 Å². The fourth-order valence-electron chi connectivity index (χ4n) is 1.43. The molecular weight excluding hydrogens is 138 g/mol. The van der Waals surface area contributed by atoms with Gasteiger partial charge in [0.2, 0.25) is 5.92 Å². The Morgan fingerprint density at radius 1 is 1.60 bits per heavy atom. The van der Waals surface area contributed by atoms with E-state index in [1.165, 1.54) is 0 Å². The lowest BCUT2D eigenvalue weighted by molar-refractivity contribution is -0.118. The first-order valence-corrected chi connectivity index (χ1v) is 3.55. The van der Waals surface area contributed by atoms with Crippen molar-refractivity contribution in [2.24, 2.45) is 5.92 Å². The molecule has 0 bridgehead atoms. The number of hydrogen-bond acceptors (Lipinski definition) is 1. The Labute approximate surface area is 59.0 Å². The lowest BCUT2D eigenvalue weighted by Gasteiger charge is -2.35. The van der Waals surface area contributed by atoms with Crippen LogP contribution >= 0.6 is 0 Å². The lowest BCUT2D eigenvalue weighted by atomic mass is 9.78. The summed E-state index contributed by atoms with van der Waals surface area (Å²) in [5.41, 5.74) is 0. The molecule has 1 fully saturated rings. The first kappa shape index (κ1) is 7.92. The standard InChI is InChI=1S/C7H12F2O/c1-5(10)2-6-3-7(8,9)4-6/h5-6,10H,2-4H2,1H3. The quantitative estimate of drug-likeness (QED) is 0.636. The molecule has 60 valence electrons. The van der Waals surface area contributed by atoms with Gasteiger partial charge in [-0.05, 0) is 19.3 Å². The summed E-state index contributed by atoms with van der Waals surface area (Å²) in [5, 5.41) is 8.81. The molecule has 0 amide bonds. The minimum atomic E-state index is -2.43. The van der Waals surface area contributed by atoms with Gasteiger partial charge < -0.3 is 5.11 Å². The molecule has 0 aromatic rings. The van der Waals surface area contributed by atoms with Crippen LogP contribution in [0.15, 0.2) is 0 Å². The van der Waals surface area contributed by atoms with Crippen LogP contribution in [0.4, 0.5) is 8.78 Å². The minimum Gasteiger partial charge on any atom is -0.393 e. The second kappa shape index (κ2) is 2.46. The van der Waals surface area contributed by atoms with Crippen LogP contribution in [0.25, 0.3) is 0 Å². The van der Waals surface area contributed by atoms with Gasteiger partial charge in [-0.2, -0.15) is 0 Å². The second-order valence-corrected chi connectivity index (χ2v) is 3.21. The van der Waals surface area contributed by atoms with Crippen molar-refractivity contribution in [2.75, 3.05) is 0 Å². The van der Waals surface area contributed by atoms with E-state index in [1.54, 1.807) is 6.92 Å². The maximum atomic E-state index is 12.2. The molecule has 0 aromatic carbocycles. The average Bonchev–Trinajstić information content (AvgIpc) is 1.57. The molecule has 0 heterocycles.